The van der Waals surface area contributed by atoms with Gasteiger partial charge in [-0.1, -0.05) is 35.9 Å². The van der Waals surface area contributed by atoms with Crippen molar-refractivity contribution in [2.45, 2.75) is 24.8 Å². The molecule has 3 aliphatic rings. The average Bonchev–Trinajstić information content (AvgIpc) is 3.19. The van der Waals surface area contributed by atoms with E-state index in [-0.39, 0.29) is 11.4 Å². The van der Waals surface area contributed by atoms with Gasteiger partial charge in [0.1, 0.15) is 0 Å². The van der Waals surface area contributed by atoms with Crippen molar-refractivity contribution < 1.29 is 14.3 Å². The number of ketones is 1. The summed E-state index contributed by atoms with van der Waals surface area (Å²) in [6, 6.07) is 7.39. The van der Waals surface area contributed by atoms with Crippen molar-refractivity contribution in [3.8, 4) is 0 Å². The summed E-state index contributed by atoms with van der Waals surface area (Å²) in [6.07, 6.45) is 3.94. The maximum atomic E-state index is 13.1. The summed E-state index contributed by atoms with van der Waals surface area (Å²) in [6.45, 7) is 3.09. The standard InChI is InChI=1S/C20H19ClN2O3/c1-3-12(21)11-23-9-8-20-14-6-4-5-7-15(14)22-17(20)13(19(25)26-2)10-16(24)18(20)23/h3-7,10,18H,8-9,11H2,1-2H3/b12-3-/t18-,20-/m0/s1. The molecule has 1 aliphatic carbocycles. The van der Waals surface area contributed by atoms with Crippen LogP contribution >= 0.6 is 11.6 Å². The van der Waals surface area contributed by atoms with E-state index in [4.69, 9.17) is 21.3 Å². The molecule has 0 bridgehead atoms. The van der Waals surface area contributed by atoms with E-state index in [2.05, 4.69) is 4.90 Å². The number of carbonyl (C=O) groups is 2. The molecule has 2 heterocycles. The van der Waals surface area contributed by atoms with Gasteiger partial charge in [0.05, 0.1) is 35.5 Å². The number of carbonyl (C=O) groups excluding carboxylic acids is 2. The maximum Gasteiger partial charge on any atom is 0.339 e. The Hall–Kier alpha value is -2.24. The van der Waals surface area contributed by atoms with Crippen LogP contribution in [0.3, 0.4) is 0 Å². The van der Waals surface area contributed by atoms with Gasteiger partial charge in [0.2, 0.25) is 0 Å². The molecule has 2 aliphatic heterocycles. The van der Waals surface area contributed by atoms with E-state index < -0.39 is 17.4 Å². The van der Waals surface area contributed by atoms with Gasteiger partial charge in [0, 0.05) is 18.1 Å². The first-order chi connectivity index (χ1) is 12.5. The van der Waals surface area contributed by atoms with Crippen LogP contribution in [0.25, 0.3) is 0 Å². The van der Waals surface area contributed by atoms with E-state index >= 15 is 0 Å². The van der Waals surface area contributed by atoms with Crippen molar-refractivity contribution >= 4 is 34.8 Å². The van der Waals surface area contributed by atoms with Gasteiger partial charge in [0.25, 0.3) is 0 Å². The zero-order valence-electron chi connectivity index (χ0n) is 14.7. The largest absolute Gasteiger partial charge is 0.465 e. The number of halogens is 1. The number of hydrogen-bond donors (Lipinski definition) is 0. The number of ether oxygens (including phenoxy) is 1. The first-order valence-corrected chi connectivity index (χ1v) is 8.98. The number of para-hydroxylation sites is 1. The molecule has 1 fully saturated rings. The molecule has 6 heteroatoms. The molecule has 5 nitrogen and oxygen atoms in total. The topological polar surface area (TPSA) is 59.0 Å². The second kappa shape index (κ2) is 6.18. The Kier molecular flexibility index (Phi) is 4.09. The molecule has 26 heavy (non-hydrogen) atoms. The smallest absolute Gasteiger partial charge is 0.339 e. The second-order valence-corrected chi connectivity index (χ2v) is 7.24. The molecule has 1 spiro atoms. The number of hydrogen-bond acceptors (Lipinski definition) is 5. The van der Waals surface area contributed by atoms with Gasteiger partial charge in [0.15, 0.2) is 5.78 Å². The minimum absolute atomic E-state index is 0.0980. The highest BCUT2D eigenvalue weighted by molar-refractivity contribution is 6.33. The SMILES string of the molecule is C/C=C(\Cl)CN1CC[C@@]23C(=Nc4ccccc42)C(C(=O)OC)=CC(=O)[C@H]13. The molecule has 2 atom stereocenters. The summed E-state index contributed by atoms with van der Waals surface area (Å²) in [5.41, 5.74) is 2.12. The number of benzene rings is 1. The number of esters is 1. The molecule has 134 valence electrons. The van der Waals surface area contributed by atoms with Gasteiger partial charge >= 0.3 is 5.97 Å². The molecule has 1 aromatic carbocycles. The van der Waals surface area contributed by atoms with Gasteiger partial charge in [-0.3, -0.25) is 14.7 Å². The summed E-state index contributed by atoms with van der Waals surface area (Å²) in [5.74, 6) is -0.619. The van der Waals surface area contributed by atoms with E-state index in [9.17, 15) is 9.59 Å². The molecule has 0 amide bonds. The average molecular weight is 371 g/mol. The molecular formula is C20H19ClN2O3. The van der Waals surface area contributed by atoms with Crippen molar-refractivity contribution in [1.82, 2.24) is 4.90 Å². The molecule has 0 saturated carbocycles. The van der Waals surface area contributed by atoms with Crippen LogP contribution in [0.1, 0.15) is 18.9 Å². The molecule has 4 rings (SSSR count). The highest BCUT2D eigenvalue weighted by Gasteiger charge is 2.61. The number of likely N-dealkylation sites (tertiary alicyclic amines) is 1. The third-order valence-electron chi connectivity index (χ3n) is 5.55. The number of fused-ring (bicyclic) bond motifs is 1. The minimum atomic E-state index is -0.614. The fourth-order valence-electron chi connectivity index (χ4n) is 4.46. The van der Waals surface area contributed by atoms with Crippen molar-refractivity contribution in [2.75, 3.05) is 20.2 Å². The van der Waals surface area contributed by atoms with Crippen LogP contribution in [0.5, 0.6) is 0 Å². The first kappa shape index (κ1) is 17.2. The van der Waals surface area contributed by atoms with Crippen molar-refractivity contribution in [2.24, 2.45) is 4.99 Å². The van der Waals surface area contributed by atoms with Crippen LogP contribution < -0.4 is 0 Å². The predicted molar refractivity (Wildman–Crippen MR) is 99.9 cm³/mol. The van der Waals surface area contributed by atoms with E-state index in [0.29, 0.717) is 30.3 Å². The van der Waals surface area contributed by atoms with Gasteiger partial charge in [-0.2, -0.15) is 0 Å². The van der Waals surface area contributed by atoms with Crippen molar-refractivity contribution in [3.05, 3.63) is 52.6 Å². The Labute approximate surface area is 157 Å². The fourth-order valence-corrected chi connectivity index (χ4v) is 4.61. The monoisotopic (exact) mass is 370 g/mol. The third kappa shape index (κ3) is 2.24. The number of nitrogens with zero attached hydrogens (tertiary/aromatic N) is 2. The lowest BCUT2D eigenvalue weighted by Crippen LogP contribution is -2.54. The summed E-state index contributed by atoms with van der Waals surface area (Å²) >= 11 is 6.25. The lowest BCUT2D eigenvalue weighted by molar-refractivity contribution is -0.136. The van der Waals surface area contributed by atoms with Crippen LogP contribution in [-0.4, -0.2) is 48.6 Å². The Morgan fingerprint density at radius 2 is 2.23 bits per heavy atom. The van der Waals surface area contributed by atoms with Crippen molar-refractivity contribution in [1.29, 1.82) is 0 Å². The van der Waals surface area contributed by atoms with Gasteiger partial charge in [-0.05, 0) is 31.1 Å². The highest BCUT2D eigenvalue weighted by atomic mass is 35.5. The van der Waals surface area contributed by atoms with Gasteiger partial charge in [-0.15, -0.1) is 0 Å². The summed E-state index contributed by atoms with van der Waals surface area (Å²) in [4.78, 5) is 32.3. The zero-order valence-corrected chi connectivity index (χ0v) is 15.4. The lowest BCUT2D eigenvalue weighted by Gasteiger charge is -2.38. The zero-order chi connectivity index (χ0) is 18.5. The summed E-state index contributed by atoms with van der Waals surface area (Å²) in [7, 11) is 1.32. The van der Waals surface area contributed by atoms with Crippen LogP contribution in [0.4, 0.5) is 5.69 Å². The molecular weight excluding hydrogens is 352 g/mol. The fraction of sp³-hybridized carbons (Fsp3) is 0.350. The Morgan fingerprint density at radius 3 is 2.96 bits per heavy atom. The maximum absolute atomic E-state index is 13.1. The molecule has 0 aromatic heterocycles. The quantitative estimate of drug-likeness (QED) is 0.768. The molecule has 0 radical (unpaired) electrons. The van der Waals surface area contributed by atoms with Crippen molar-refractivity contribution in [3.63, 3.8) is 0 Å². The third-order valence-corrected chi connectivity index (χ3v) is 5.89. The van der Waals surface area contributed by atoms with Crippen LogP contribution in [0, 0.1) is 0 Å². The van der Waals surface area contributed by atoms with E-state index in [1.807, 2.05) is 37.3 Å². The van der Waals surface area contributed by atoms with Gasteiger partial charge in [-0.25, -0.2) is 4.79 Å². The first-order valence-electron chi connectivity index (χ1n) is 8.60. The second-order valence-electron chi connectivity index (χ2n) is 6.76. The Morgan fingerprint density at radius 1 is 1.46 bits per heavy atom. The number of aliphatic imine (C=N–C) groups is 1. The Balaban J connectivity index is 1.90. The number of allylic oxidation sites excluding steroid dienone is 1. The number of methoxy groups -OCH3 is 1. The molecule has 0 N–H and O–H groups in total. The van der Waals surface area contributed by atoms with E-state index in [1.54, 1.807) is 0 Å². The normalized spacial score (nSPS) is 27.4. The lowest BCUT2D eigenvalue weighted by atomic mass is 9.65. The van der Waals surface area contributed by atoms with Crippen LogP contribution in [-0.2, 0) is 19.7 Å². The highest BCUT2D eigenvalue weighted by Crippen LogP contribution is 2.53. The molecule has 1 saturated heterocycles. The molecule has 0 unspecified atom stereocenters. The number of rotatable bonds is 3. The summed E-state index contributed by atoms with van der Waals surface area (Å²) in [5, 5.41) is 0.697. The minimum Gasteiger partial charge on any atom is -0.465 e. The predicted octanol–water partition coefficient (Wildman–Crippen LogP) is 2.91. The van der Waals surface area contributed by atoms with Gasteiger partial charge < -0.3 is 4.74 Å². The van der Waals surface area contributed by atoms with Crippen LogP contribution in [0.2, 0.25) is 0 Å². The van der Waals surface area contributed by atoms with E-state index in [0.717, 1.165) is 11.3 Å². The van der Waals surface area contributed by atoms with E-state index in [1.165, 1.54) is 13.2 Å². The summed E-state index contributed by atoms with van der Waals surface area (Å²) < 4.78 is 4.91. The molecule has 1 aromatic rings. The Bertz CT molecular complexity index is 902. The van der Waals surface area contributed by atoms with Crippen LogP contribution in [0.15, 0.2) is 52.0 Å².